The summed E-state index contributed by atoms with van der Waals surface area (Å²) >= 11 is 7.04. The number of nitrogens with one attached hydrogen (secondary N) is 1. The average molecular weight is 393 g/mol. The Kier molecular flexibility index (Phi) is 5.69. The first-order valence-electron chi connectivity index (χ1n) is 6.57. The molecule has 1 aromatic carbocycles. The minimum Gasteiger partial charge on any atom is -0.485 e. The Hall–Kier alpha value is -0.100. The zero-order chi connectivity index (χ0) is 13.8. The summed E-state index contributed by atoms with van der Waals surface area (Å²) in [4.78, 5) is 0. The maximum atomic E-state index is 6.09. The maximum absolute atomic E-state index is 6.09. The number of likely N-dealkylation sites (N-methyl/N-ethyl adjacent to an activating group) is 1. The molecule has 0 radical (unpaired) electrons. The van der Waals surface area contributed by atoms with E-state index in [2.05, 4.69) is 44.1 Å². The molecule has 0 heterocycles. The SMILES string of the molecule is CCCOC1C(NC)CC1Oc1c(Br)cccc1Br. The van der Waals surface area contributed by atoms with Crippen LogP contribution >= 0.6 is 31.9 Å². The van der Waals surface area contributed by atoms with Gasteiger partial charge in [-0.15, -0.1) is 0 Å². The van der Waals surface area contributed by atoms with E-state index in [1.54, 1.807) is 0 Å². The zero-order valence-electron chi connectivity index (χ0n) is 11.2. The zero-order valence-corrected chi connectivity index (χ0v) is 14.3. The lowest BCUT2D eigenvalue weighted by Crippen LogP contribution is -2.60. The number of ether oxygens (including phenoxy) is 2. The van der Waals surface area contributed by atoms with Crippen LogP contribution in [0.4, 0.5) is 0 Å². The van der Waals surface area contributed by atoms with E-state index in [9.17, 15) is 0 Å². The van der Waals surface area contributed by atoms with Gasteiger partial charge in [-0.3, -0.25) is 0 Å². The molecule has 19 heavy (non-hydrogen) atoms. The van der Waals surface area contributed by atoms with Gasteiger partial charge in [0.1, 0.15) is 18.0 Å². The van der Waals surface area contributed by atoms with E-state index in [0.29, 0.717) is 6.04 Å². The molecule has 3 atom stereocenters. The van der Waals surface area contributed by atoms with Crippen LogP contribution in [0, 0.1) is 0 Å². The molecule has 0 amide bonds. The molecule has 0 saturated heterocycles. The quantitative estimate of drug-likeness (QED) is 0.799. The van der Waals surface area contributed by atoms with Crippen molar-refractivity contribution in [3.8, 4) is 5.75 Å². The van der Waals surface area contributed by atoms with Gasteiger partial charge < -0.3 is 14.8 Å². The summed E-state index contributed by atoms with van der Waals surface area (Å²) in [5.41, 5.74) is 0. The van der Waals surface area contributed by atoms with Crippen LogP contribution in [0.1, 0.15) is 19.8 Å². The van der Waals surface area contributed by atoms with E-state index < -0.39 is 0 Å². The smallest absolute Gasteiger partial charge is 0.148 e. The molecule has 5 heteroatoms. The second-order valence-corrected chi connectivity index (χ2v) is 6.38. The highest BCUT2D eigenvalue weighted by molar-refractivity contribution is 9.11. The van der Waals surface area contributed by atoms with Crippen molar-refractivity contribution in [2.75, 3.05) is 13.7 Å². The van der Waals surface area contributed by atoms with Gasteiger partial charge >= 0.3 is 0 Å². The summed E-state index contributed by atoms with van der Waals surface area (Å²) in [5, 5.41) is 3.28. The van der Waals surface area contributed by atoms with Gasteiger partial charge in [-0.05, 0) is 57.5 Å². The van der Waals surface area contributed by atoms with E-state index in [1.807, 2.05) is 25.2 Å². The first kappa shape index (κ1) is 15.3. The van der Waals surface area contributed by atoms with Crippen molar-refractivity contribution in [3.05, 3.63) is 27.1 Å². The highest BCUT2D eigenvalue weighted by Gasteiger charge is 2.43. The minimum atomic E-state index is 0.110. The van der Waals surface area contributed by atoms with Gasteiger partial charge in [0.25, 0.3) is 0 Å². The molecule has 1 aliphatic rings. The Bertz CT molecular complexity index is 408. The van der Waals surface area contributed by atoms with Gasteiger partial charge in [0.15, 0.2) is 0 Å². The first-order valence-corrected chi connectivity index (χ1v) is 8.15. The number of benzene rings is 1. The molecule has 1 fully saturated rings. The maximum Gasteiger partial charge on any atom is 0.148 e. The fourth-order valence-corrected chi connectivity index (χ4v) is 3.39. The largest absolute Gasteiger partial charge is 0.485 e. The third-order valence-electron chi connectivity index (χ3n) is 3.32. The molecular formula is C14H19Br2NO2. The average Bonchev–Trinajstić information content (AvgIpc) is 2.37. The molecule has 3 nitrogen and oxygen atoms in total. The minimum absolute atomic E-state index is 0.110. The van der Waals surface area contributed by atoms with Gasteiger partial charge in [-0.2, -0.15) is 0 Å². The molecular weight excluding hydrogens is 374 g/mol. The molecule has 0 aromatic heterocycles. The van der Waals surface area contributed by atoms with Crippen LogP contribution < -0.4 is 10.1 Å². The van der Waals surface area contributed by atoms with E-state index in [-0.39, 0.29) is 12.2 Å². The Morgan fingerprint density at radius 2 is 2.00 bits per heavy atom. The lowest BCUT2D eigenvalue weighted by atomic mass is 9.85. The number of hydrogen-bond acceptors (Lipinski definition) is 3. The number of para-hydroxylation sites is 1. The van der Waals surface area contributed by atoms with Gasteiger partial charge in [-0.1, -0.05) is 13.0 Å². The number of halogens is 2. The van der Waals surface area contributed by atoms with Gasteiger partial charge in [0, 0.05) is 19.1 Å². The van der Waals surface area contributed by atoms with Gasteiger partial charge in [0.05, 0.1) is 8.95 Å². The summed E-state index contributed by atoms with van der Waals surface area (Å²) < 4.78 is 13.9. The number of hydrogen-bond donors (Lipinski definition) is 1. The molecule has 1 aromatic rings. The Morgan fingerprint density at radius 3 is 2.58 bits per heavy atom. The molecule has 0 aliphatic heterocycles. The number of rotatable bonds is 6. The summed E-state index contributed by atoms with van der Waals surface area (Å²) in [5.74, 6) is 0.854. The first-order chi connectivity index (χ1) is 9.17. The fourth-order valence-electron chi connectivity index (χ4n) is 2.20. The molecule has 2 rings (SSSR count). The highest BCUT2D eigenvalue weighted by Crippen LogP contribution is 2.37. The summed E-state index contributed by atoms with van der Waals surface area (Å²) in [6.45, 7) is 2.90. The van der Waals surface area contributed by atoms with Crippen LogP contribution in [0.2, 0.25) is 0 Å². The monoisotopic (exact) mass is 391 g/mol. The van der Waals surface area contributed by atoms with E-state index in [1.165, 1.54) is 0 Å². The third-order valence-corrected chi connectivity index (χ3v) is 4.57. The third kappa shape index (κ3) is 3.51. The van der Waals surface area contributed by atoms with Crippen molar-refractivity contribution in [1.29, 1.82) is 0 Å². The van der Waals surface area contributed by atoms with E-state index >= 15 is 0 Å². The Morgan fingerprint density at radius 1 is 1.32 bits per heavy atom. The molecule has 0 bridgehead atoms. The van der Waals surface area contributed by atoms with E-state index in [4.69, 9.17) is 9.47 Å². The van der Waals surface area contributed by atoms with Crippen molar-refractivity contribution in [2.45, 2.75) is 38.0 Å². The highest BCUT2D eigenvalue weighted by atomic mass is 79.9. The second kappa shape index (κ2) is 7.07. The van der Waals surface area contributed by atoms with E-state index in [0.717, 1.165) is 34.1 Å². The predicted octanol–water partition coefficient (Wildman–Crippen LogP) is 3.75. The topological polar surface area (TPSA) is 30.5 Å². The van der Waals surface area contributed by atoms with Crippen LogP contribution in [0.25, 0.3) is 0 Å². The fraction of sp³-hybridized carbons (Fsp3) is 0.571. The standard InChI is InChI=1S/C14H19Br2NO2/c1-3-7-18-14-11(17-2)8-12(14)19-13-9(15)5-4-6-10(13)16/h4-6,11-12,14,17H,3,7-8H2,1-2H3. The summed E-state index contributed by atoms with van der Waals surface area (Å²) in [6, 6.07) is 6.33. The lowest BCUT2D eigenvalue weighted by Gasteiger charge is -2.43. The Balaban J connectivity index is 2.02. The van der Waals surface area contributed by atoms with Gasteiger partial charge in [0.2, 0.25) is 0 Å². The molecule has 106 valence electrons. The van der Waals surface area contributed by atoms with Crippen LogP contribution in [0.15, 0.2) is 27.1 Å². The van der Waals surface area contributed by atoms with Gasteiger partial charge in [-0.25, -0.2) is 0 Å². The Labute approximate surface area is 131 Å². The van der Waals surface area contributed by atoms with Crippen LogP contribution in [0.5, 0.6) is 5.75 Å². The van der Waals surface area contributed by atoms with Crippen molar-refractivity contribution >= 4 is 31.9 Å². The molecule has 0 spiro atoms. The normalized spacial score (nSPS) is 26.0. The van der Waals surface area contributed by atoms with Crippen LogP contribution in [0.3, 0.4) is 0 Å². The van der Waals surface area contributed by atoms with Crippen molar-refractivity contribution in [2.24, 2.45) is 0 Å². The van der Waals surface area contributed by atoms with Crippen molar-refractivity contribution < 1.29 is 9.47 Å². The molecule has 3 unspecified atom stereocenters. The van der Waals surface area contributed by atoms with Crippen LogP contribution in [-0.2, 0) is 4.74 Å². The summed E-state index contributed by atoms with van der Waals surface area (Å²) in [7, 11) is 1.97. The van der Waals surface area contributed by atoms with Crippen molar-refractivity contribution in [3.63, 3.8) is 0 Å². The summed E-state index contributed by atoms with van der Waals surface area (Å²) in [6.07, 6.45) is 2.24. The van der Waals surface area contributed by atoms with Crippen molar-refractivity contribution in [1.82, 2.24) is 5.32 Å². The molecule has 1 aliphatic carbocycles. The second-order valence-electron chi connectivity index (χ2n) is 4.67. The molecule has 1 N–H and O–H groups in total. The lowest BCUT2D eigenvalue weighted by molar-refractivity contribution is -0.106. The predicted molar refractivity (Wildman–Crippen MR) is 83.8 cm³/mol. The van der Waals surface area contributed by atoms with Crippen LogP contribution in [-0.4, -0.2) is 31.9 Å². The molecule has 1 saturated carbocycles.